The molecule has 2 aromatic rings. The lowest BCUT2D eigenvalue weighted by molar-refractivity contribution is 0.0953. The lowest BCUT2D eigenvalue weighted by Crippen LogP contribution is -2.36. The molecule has 0 atom stereocenters. The molecule has 1 aromatic carbocycles. The normalized spacial score (nSPS) is 10.9. The SMILES string of the molecule is CCCNC(=O)c1cccc(CN=C(NCC)NCc2sccc2C)c1.I. The summed E-state index contributed by atoms with van der Waals surface area (Å²) in [5, 5.41) is 11.6. The number of carbonyl (C=O) groups is 1. The molecule has 0 fully saturated rings. The molecule has 0 spiro atoms. The van der Waals surface area contributed by atoms with Gasteiger partial charge in [-0.05, 0) is 55.0 Å². The molecular weight excluding hydrogens is 471 g/mol. The maximum atomic E-state index is 12.1. The molecule has 1 aromatic heterocycles. The summed E-state index contributed by atoms with van der Waals surface area (Å²) >= 11 is 1.75. The Morgan fingerprint density at radius 2 is 1.96 bits per heavy atom. The number of halogens is 1. The minimum absolute atomic E-state index is 0. The average Bonchev–Trinajstić information content (AvgIpc) is 3.07. The van der Waals surface area contributed by atoms with E-state index in [4.69, 9.17) is 0 Å². The lowest BCUT2D eigenvalue weighted by Gasteiger charge is -2.11. The minimum atomic E-state index is -0.0316. The molecule has 1 heterocycles. The van der Waals surface area contributed by atoms with E-state index in [0.29, 0.717) is 18.7 Å². The number of amides is 1. The summed E-state index contributed by atoms with van der Waals surface area (Å²) in [4.78, 5) is 18.0. The van der Waals surface area contributed by atoms with Crippen molar-refractivity contribution < 1.29 is 4.79 Å². The summed E-state index contributed by atoms with van der Waals surface area (Å²) in [7, 11) is 0. The van der Waals surface area contributed by atoms with E-state index in [9.17, 15) is 4.79 Å². The number of hydrogen-bond donors (Lipinski definition) is 3. The van der Waals surface area contributed by atoms with Crippen LogP contribution in [0.5, 0.6) is 0 Å². The Morgan fingerprint density at radius 3 is 2.63 bits per heavy atom. The number of carbonyl (C=O) groups excluding carboxylic acids is 1. The zero-order chi connectivity index (χ0) is 18.8. The first kappa shape index (κ1) is 23.4. The number of aryl methyl sites for hydroxylation is 1. The molecule has 0 saturated heterocycles. The highest BCUT2D eigenvalue weighted by Gasteiger charge is 2.06. The van der Waals surface area contributed by atoms with Crippen molar-refractivity contribution in [2.24, 2.45) is 4.99 Å². The molecule has 7 heteroatoms. The molecule has 148 valence electrons. The molecule has 27 heavy (non-hydrogen) atoms. The van der Waals surface area contributed by atoms with Gasteiger partial charge in [0.1, 0.15) is 0 Å². The van der Waals surface area contributed by atoms with Gasteiger partial charge in [-0.15, -0.1) is 35.3 Å². The molecule has 0 unspecified atom stereocenters. The third kappa shape index (κ3) is 7.88. The van der Waals surface area contributed by atoms with Crippen LogP contribution in [0, 0.1) is 6.92 Å². The fraction of sp³-hybridized carbons (Fsp3) is 0.400. The number of rotatable bonds is 8. The molecule has 0 saturated carbocycles. The summed E-state index contributed by atoms with van der Waals surface area (Å²) in [5.74, 6) is 0.747. The molecule has 2 rings (SSSR count). The van der Waals surface area contributed by atoms with Gasteiger partial charge in [0.05, 0.1) is 13.1 Å². The van der Waals surface area contributed by atoms with Gasteiger partial charge in [-0.2, -0.15) is 0 Å². The number of aliphatic imine (C=N–C) groups is 1. The number of nitrogens with zero attached hydrogens (tertiary/aromatic N) is 1. The second kappa shape index (κ2) is 12.7. The maximum absolute atomic E-state index is 12.1. The van der Waals surface area contributed by atoms with E-state index in [2.05, 4.69) is 39.3 Å². The molecule has 0 aliphatic heterocycles. The molecule has 0 aliphatic carbocycles. The van der Waals surface area contributed by atoms with Crippen molar-refractivity contribution in [2.45, 2.75) is 40.3 Å². The monoisotopic (exact) mass is 500 g/mol. The van der Waals surface area contributed by atoms with Crippen molar-refractivity contribution in [1.82, 2.24) is 16.0 Å². The Labute approximate surface area is 183 Å². The van der Waals surface area contributed by atoms with Crippen molar-refractivity contribution >= 4 is 47.2 Å². The van der Waals surface area contributed by atoms with Gasteiger partial charge in [-0.3, -0.25) is 4.79 Å². The molecule has 5 nitrogen and oxygen atoms in total. The second-order valence-electron chi connectivity index (χ2n) is 6.03. The average molecular weight is 500 g/mol. The standard InChI is InChI=1S/C20H28N4OS.HI/c1-4-10-22-19(25)17-8-6-7-16(12-17)13-23-20(21-5-2)24-14-18-15(3)9-11-26-18;/h6-9,11-12H,4-5,10,13-14H2,1-3H3,(H,22,25)(H2,21,23,24);1H. The molecule has 3 N–H and O–H groups in total. The minimum Gasteiger partial charge on any atom is -0.357 e. The van der Waals surface area contributed by atoms with Crippen LogP contribution in [-0.4, -0.2) is 25.0 Å². The van der Waals surface area contributed by atoms with E-state index >= 15 is 0 Å². The quantitative estimate of drug-likeness (QED) is 0.291. The summed E-state index contributed by atoms with van der Waals surface area (Å²) < 4.78 is 0. The second-order valence-corrected chi connectivity index (χ2v) is 7.03. The topological polar surface area (TPSA) is 65.5 Å². The molecule has 1 amide bonds. The van der Waals surface area contributed by atoms with Gasteiger partial charge in [0.2, 0.25) is 0 Å². The number of thiophene rings is 1. The highest BCUT2D eigenvalue weighted by atomic mass is 127. The van der Waals surface area contributed by atoms with Gasteiger partial charge in [0.25, 0.3) is 5.91 Å². The van der Waals surface area contributed by atoms with Crippen LogP contribution in [0.1, 0.15) is 46.6 Å². The van der Waals surface area contributed by atoms with Gasteiger partial charge in [0, 0.05) is 23.5 Å². The van der Waals surface area contributed by atoms with Crippen LogP contribution in [0.2, 0.25) is 0 Å². The van der Waals surface area contributed by atoms with Crippen LogP contribution in [0.25, 0.3) is 0 Å². The van der Waals surface area contributed by atoms with Crippen molar-refractivity contribution in [3.05, 3.63) is 57.3 Å². The third-order valence-electron chi connectivity index (χ3n) is 3.87. The Bertz CT molecular complexity index is 745. The van der Waals surface area contributed by atoms with Crippen molar-refractivity contribution in [3.8, 4) is 0 Å². The zero-order valence-electron chi connectivity index (χ0n) is 16.2. The van der Waals surface area contributed by atoms with Crippen LogP contribution < -0.4 is 16.0 Å². The highest BCUT2D eigenvalue weighted by molar-refractivity contribution is 14.0. The number of benzene rings is 1. The summed E-state index contributed by atoms with van der Waals surface area (Å²) in [5.41, 5.74) is 2.99. The van der Waals surface area contributed by atoms with Gasteiger partial charge < -0.3 is 16.0 Å². The zero-order valence-corrected chi connectivity index (χ0v) is 19.3. The first-order valence-corrected chi connectivity index (χ1v) is 9.94. The van der Waals surface area contributed by atoms with E-state index in [1.807, 2.05) is 38.1 Å². The van der Waals surface area contributed by atoms with E-state index in [-0.39, 0.29) is 29.9 Å². The Hall–Kier alpha value is -1.61. The van der Waals surface area contributed by atoms with E-state index in [1.54, 1.807) is 11.3 Å². The molecular formula is C20H29IN4OS. The Kier molecular flexibility index (Phi) is 11.0. The number of nitrogens with one attached hydrogen (secondary N) is 3. The lowest BCUT2D eigenvalue weighted by atomic mass is 10.1. The van der Waals surface area contributed by atoms with Gasteiger partial charge in [-0.1, -0.05) is 19.1 Å². The summed E-state index contributed by atoms with van der Waals surface area (Å²) in [6.07, 6.45) is 0.928. The van der Waals surface area contributed by atoms with Crippen LogP contribution in [0.3, 0.4) is 0 Å². The van der Waals surface area contributed by atoms with E-state index < -0.39 is 0 Å². The van der Waals surface area contributed by atoms with Crippen molar-refractivity contribution in [1.29, 1.82) is 0 Å². The molecule has 0 bridgehead atoms. The smallest absolute Gasteiger partial charge is 0.251 e. The predicted molar refractivity (Wildman–Crippen MR) is 125 cm³/mol. The highest BCUT2D eigenvalue weighted by Crippen LogP contribution is 2.14. The Balaban J connectivity index is 0.00000364. The van der Waals surface area contributed by atoms with Crippen LogP contribution in [0.15, 0.2) is 40.7 Å². The van der Waals surface area contributed by atoms with Crippen LogP contribution in [0.4, 0.5) is 0 Å². The Morgan fingerprint density at radius 1 is 1.15 bits per heavy atom. The van der Waals surface area contributed by atoms with Gasteiger partial charge in [-0.25, -0.2) is 4.99 Å². The third-order valence-corrected chi connectivity index (χ3v) is 4.90. The summed E-state index contributed by atoms with van der Waals surface area (Å²) in [6.45, 7) is 8.98. The van der Waals surface area contributed by atoms with E-state index in [0.717, 1.165) is 31.0 Å². The first-order valence-electron chi connectivity index (χ1n) is 9.06. The largest absolute Gasteiger partial charge is 0.357 e. The van der Waals surface area contributed by atoms with Crippen LogP contribution >= 0.6 is 35.3 Å². The van der Waals surface area contributed by atoms with Gasteiger partial charge >= 0.3 is 0 Å². The predicted octanol–water partition coefficient (Wildman–Crippen LogP) is 4.07. The number of guanidine groups is 1. The fourth-order valence-corrected chi connectivity index (χ4v) is 3.26. The molecule has 0 radical (unpaired) electrons. The maximum Gasteiger partial charge on any atom is 0.251 e. The fourth-order valence-electron chi connectivity index (χ4n) is 2.41. The van der Waals surface area contributed by atoms with E-state index in [1.165, 1.54) is 10.4 Å². The van der Waals surface area contributed by atoms with Crippen molar-refractivity contribution in [3.63, 3.8) is 0 Å². The van der Waals surface area contributed by atoms with Crippen molar-refractivity contribution in [2.75, 3.05) is 13.1 Å². The van der Waals surface area contributed by atoms with Gasteiger partial charge in [0.15, 0.2) is 5.96 Å². The van der Waals surface area contributed by atoms with Crippen LogP contribution in [-0.2, 0) is 13.1 Å². The number of hydrogen-bond acceptors (Lipinski definition) is 3. The molecule has 0 aliphatic rings. The first-order chi connectivity index (χ1) is 12.6. The summed E-state index contributed by atoms with van der Waals surface area (Å²) in [6, 6.07) is 9.76.